The Kier molecular flexibility index (Phi) is 3.33. The number of hydrogen-bond donors (Lipinski definition) is 1. The molecule has 2 fully saturated rings. The van der Waals surface area contributed by atoms with Crippen molar-refractivity contribution in [2.45, 2.75) is 50.7 Å². The van der Waals surface area contributed by atoms with Gasteiger partial charge >= 0.3 is 0 Å². The quantitative estimate of drug-likeness (QED) is 0.757. The van der Waals surface area contributed by atoms with Gasteiger partial charge < -0.3 is 14.8 Å². The molecule has 88 valence electrons. The Morgan fingerprint density at radius 3 is 2.33 bits per heavy atom. The SMILES string of the molecule is CCC1(CC)CNCC2(CCOCC2)O1. The van der Waals surface area contributed by atoms with Gasteiger partial charge in [0.25, 0.3) is 0 Å². The Hall–Kier alpha value is -0.120. The molecule has 1 spiro atoms. The minimum Gasteiger partial charge on any atom is -0.381 e. The average Bonchev–Trinajstić information content (AvgIpc) is 2.30. The lowest BCUT2D eigenvalue weighted by molar-refractivity contribution is -0.209. The fourth-order valence-electron chi connectivity index (χ4n) is 2.72. The zero-order valence-corrected chi connectivity index (χ0v) is 9.97. The third-order valence-electron chi connectivity index (χ3n) is 4.02. The standard InChI is InChI=1S/C12H23NO2/c1-3-11(4-2)9-13-10-12(15-11)5-7-14-8-6-12/h13H,3-10H2,1-2H3. The zero-order chi connectivity index (χ0) is 10.8. The van der Waals surface area contributed by atoms with Crippen molar-refractivity contribution in [1.82, 2.24) is 5.32 Å². The third-order valence-corrected chi connectivity index (χ3v) is 4.02. The number of rotatable bonds is 2. The van der Waals surface area contributed by atoms with Gasteiger partial charge in [-0.15, -0.1) is 0 Å². The van der Waals surface area contributed by atoms with Gasteiger partial charge in [-0.3, -0.25) is 0 Å². The highest BCUT2D eigenvalue weighted by atomic mass is 16.5. The summed E-state index contributed by atoms with van der Waals surface area (Å²) in [6, 6.07) is 0. The first-order valence-electron chi connectivity index (χ1n) is 6.23. The van der Waals surface area contributed by atoms with Gasteiger partial charge in [-0.2, -0.15) is 0 Å². The minimum atomic E-state index is 0.0581. The molecule has 2 rings (SSSR count). The summed E-state index contributed by atoms with van der Waals surface area (Å²) in [5.41, 5.74) is 0.123. The molecule has 0 atom stereocenters. The maximum absolute atomic E-state index is 6.46. The zero-order valence-electron chi connectivity index (χ0n) is 9.97. The molecule has 0 aromatic heterocycles. The van der Waals surface area contributed by atoms with E-state index in [1.165, 1.54) is 0 Å². The first-order valence-corrected chi connectivity index (χ1v) is 6.23. The number of hydrogen-bond acceptors (Lipinski definition) is 3. The van der Waals surface area contributed by atoms with Crippen molar-refractivity contribution in [1.29, 1.82) is 0 Å². The van der Waals surface area contributed by atoms with Gasteiger partial charge in [0.15, 0.2) is 0 Å². The highest BCUT2D eigenvalue weighted by Gasteiger charge is 2.44. The molecule has 2 saturated heterocycles. The van der Waals surface area contributed by atoms with Gasteiger partial charge in [0.1, 0.15) is 0 Å². The first-order chi connectivity index (χ1) is 7.24. The van der Waals surface area contributed by atoms with Crippen LogP contribution in [0.5, 0.6) is 0 Å². The highest BCUT2D eigenvalue weighted by molar-refractivity contribution is 4.96. The molecule has 0 bridgehead atoms. The van der Waals surface area contributed by atoms with Crippen molar-refractivity contribution in [3.8, 4) is 0 Å². The Bertz CT molecular complexity index is 202. The molecule has 0 amide bonds. The molecule has 2 aliphatic rings. The second-order valence-corrected chi connectivity index (χ2v) is 4.89. The molecule has 3 nitrogen and oxygen atoms in total. The van der Waals surface area contributed by atoms with E-state index in [-0.39, 0.29) is 11.2 Å². The molecule has 15 heavy (non-hydrogen) atoms. The van der Waals surface area contributed by atoms with Crippen LogP contribution in [0.1, 0.15) is 39.5 Å². The molecule has 2 heterocycles. The van der Waals surface area contributed by atoms with Crippen LogP contribution in [-0.2, 0) is 9.47 Å². The Balaban J connectivity index is 2.07. The van der Waals surface area contributed by atoms with Crippen molar-refractivity contribution >= 4 is 0 Å². The molecule has 0 saturated carbocycles. The Morgan fingerprint density at radius 1 is 1.07 bits per heavy atom. The van der Waals surface area contributed by atoms with E-state index in [1.54, 1.807) is 0 Å². The number of ether oxygens (including phenoxy) is 2. The van der Waals surface area contributed by atoms with Gasteiger partial charge in [0, 0.05) is 39.1 Å². The molecule has 0 radical (unpaired) electrons. The van der Waals surface area contributed by atoms with E-state index in [0.29, 0.717) is 0 Å². The summed E-state index contributed by atoms with van der Waals surface area (Å²) in [6.45, 7) is 8.16. The van der Waals surface area contributed by atoms with E-state index >= 15 is 0 Å². The van der Waals surface area contributed by atoms with E-state index in [9.17, 15) is 0 Å². The van der Waals surface area contributed by atoms with E-state index in [4.69, 9.17) is 9.47 Å². The number of nitrogens with one attached hydrogen (secondary N) is 1. The second-order valence-electron chi connectivity index (χ2n) is 4.89. The predicted molar refractivity (Wildman–Crippen MR) is 60.1 cm³/mol. The van der Waals surface area contributed by atoms with E-state index < -0.39 is 0 Å². The highest BCUT2D eigenvalue weighted by Crippen LogP contribution is 2.35. The van der Waals surface area contributed by atoms with Gasteiger partial charge in [0.2, 0.25) is 0 Å². The molecule has 0 aromatic carbocycles. The molecule has 3 heteroatoms. The molecule has 0 unspecified atom stereocenters. The van der Waals surface area contributed by atoms with Crippen LogP contribution in [0, 0.1) is 0 Å². The summed E-state index contributed by atoms with van der Waals surface area (Å²) in [7, 11) is 0. The second kappa shape index (κ2) is 4.40. The van der Waals surface area contributed by atoms with Crippen LogP contribution in [-0.4, -0.2) is 37.5 Å². The van der Waals surface area contributed by atoms with Gasteiger partial charge in [-0.25, -0.2) is 0 Å². The summed E-state index contributed by atoms with van der Waals surface area (Å²) in [5, 5.41) is 3.56. The van der Waals surface area contributed by atoms with E-state index in [1.807, 2.05) is 0 Å². The topological polar surface area (TPSA) is 30.5 Å². The van der Waals surface area contributed by atoms with Crippen LogP contribution < -0.4 is 5.32 Å². The molecule has 1 N–H and O–H groups in total. The summed E-state index contributed by atoms with van der Waals surface area (Å²) in [4.78, 5) is 0. The van der Waals surface area contributed by atoms with Crippen molar-refractivity contribution in [3.05, 3.63) is 0 Å². The maximum atomic E-state index is 6.46. The van der Waals surface area contributed by atoms with Crippen LogP contribution in [0.2, 0.25) is 0 Å². The van der Waals surface area contributed by atoms with Crippen molar-refractivity contribution in [2.24, 2.45) is 0 Å². The normalized spacial score (nSPS) is 29.2. The summed E-state index contributed by atoms with van der Waals surface area (Å²) >= 11 is 0. The molecule has 0 aromatic rings. The fraction of sp³-hybridized carbons (Fsp3) is 1.00. The Morgan fingerprint density at radius 2 is 1.73 bits per heavy atom. The maximum Gasteiger partial charge on any atom is 0.0858 e. The van der Waals surface area contributed by atoms with Crippen molar-refractivity contribution in [2.75, 3.05) is 26.3 Å². The van der Waals surface area contributed by atoms with Crippen LogP contribution in [0.15, 0.2) is 0 Å². The first kappa shape index (κ1) is 11.4. The van der Waals surface area contributed by atoms with Gasteiger partial charge in [-0.05, 0) is 12.8 Å². The minimum absolute atomic E-state index is 0.0581. The number of morpholine rings is 1. The van der Waals surface area contributed by atoms with E-state index in [0.717, 1.165) is 52.0 Å². The van der Waals surface area contributed by atoms with Gasteiger partial charge in [-0.1, -0.05) is 13.8 Å². The summed E-state index contributed by atoms with van der Waals surface area (Å²) < 4.78 is 11.9. The summed E-state index contributed by atoms with van der Waals surface area (Å²) in [5.74, 6) is 0. The van der Waals surface area contributed by atoms with Crippen molar-refractivity contribution in [3.63, 3.8) is 0 Å². The molecule has 2 aliphatic heterocycles. The monoisotopic (exact) mass is 213 g/mol. The largest absolute Gasteiger partial charge is 0.381 e. The predicted octanol–water partition coefficient (Wildman–Crippen LogP) is 1.71. The lowest BCUT2D eigenvalue weighted by Gasteiger charge is -2.50. The lowest BCUT2D eigenvalue weighted by Crippen LogP contribution is -2.61. The molecular weight excluding hydrogens is 190 g/mol. The summed E-state index contributed by atoms with van der Waals surface area (Å²) in [6.07, 6.45) is 4.28. The van der Waals surface area contributed by atoms with E-state index in [2.05, 4.69) is 19.2 Å². The lowest BCUT2D eigenvalue weighted by atomic mass is 9.86. The van der Waals surface area contributed by atoms with Crippen LogP contribution in [0.4, 0.5) is 0 Å². The van der Waals surface area contributed by atoms with Crippen LogP contribution in [0.3, 0.4) is 0 Å². The molecule has 0 aliphatic carbocycles. The average molecular weight is 213 g/mol. The Labute approximate surface area is 92.5 Å². The van der Waals surface area contributed by atoms with Crippen molar-refractivity contribution < 1.29 is 9.47 Å². The van der Waals surface area contributed by atoms with Crippen LogP contribution >= 0.6 is 0 Å². The fourth-order valence-corrected chi connectivity index (χ4v) is 2.72. The smallest absolute Gasteiger partial charge is 0.0858 e. The van der Waals surface area contributed by atoms with Crippen LogP contribution in [0.25, 0.3) is 0 Å². The third kappa shape index (κ3) is 2.19. The van der Waals surface area contributed by atoms with Gasteiger partial charge in [0.05, 0.1) is 11.2 Å². The molecular formula is C12H23NO2.